The predicted molar refractivity (Wildman–Crippen MR) is 123 cm³/mol. The van der Waals surface area contributed by atoms with Gasteiger partial charge in [0.1, 0.15) is 5.75 Å². The number of phenols is 1. The van der Waals surface area contributed by atoms with Crippen LogP contribution in [0.4, 0.5) is 0 Å². The molecule has 0 saturated heterocycles. The first-order valence-corrected chi connectivity index (χ1v) is 11.7. The Morgan fingerprint density at radius 2 is 1.84 bits per heavy atom. The number of hydrogen-bond donors (Lipinski definition) is 2. The van der Waals surface area contributed by atoms with Crippen LogP contribution in [0.15, 0.2) is 48.5 Å². The summed E-state index contributed by atoms with van der Waals surface area (Å²) in [6.07, 6.45) is 10.2. The Kier molecular flexibility index (Phi) is 4.86. The molecule has 3 aliphatic rings. The Morgan fingerprint density at radius 3 is 2.58 bits per heavy atom. The molecule has 0 radical (unpaired) electrons. The summed E-state index contributed by atoms with van der Waals surface area (Å²) in [5, 5.41) is 21.7. The van der Waals surface area contributed by atoms with Gasteiger partial charge >= 0.3 is 0 Å². The summed E-state index contributed by atoms with van der Waals surface area (Å²) >= 11 is 0. The number of aryl methyl sites for hydroxylation is 1. The molecule has 2 fully saturated rings. The van der Waals surface area contributed by atoms with E-state index in [0.717, 1.165) is 44.1 Å². The third-order valence-corrected chi connectivity index (χ3v) is 8.79. The molecule has 2 N–H and O–H groups in total. The van der Waals surface area contributed by atoms with Crippen LogP contribution in [-0.4, -0.2) is 21.6 Å². The molecule has 3 unspecified atom stereocenters. The van der Waals surface area contributed by atoms with Crippen LogP contribution in [0.25, 0.3) is 6.08 Å². The smallest absolute Gasteiger partial charge is 0.159 e. The Balaban J connectivity index is 1.39. The molecule has 0 aromatic heterocycles. The average molecular weight is 417 g/mol. The molecule has 2 saturated carbocycles. The van der Waals surface area contributed by atoms with Gasteiger partial charge in [0, 0.05) is 11.0 Å². The second-order valence-corrected chi connectivity index (χ2v) is 10.2. The monoisotopic (exact) mass is 416 g/mol. The van der Waals surface area contributed by atoms with Crippen molar-refractivity contribution < 1.29 is 15.0 Å². The highest BCUT2D eigenvalue weighted by atomic mass is 16.3. The van der Waals surface area contributed by atoms with E-state index in [-0.39, 0.29) is 11.2 Å². The number of Topliss-reactive ketones (excluding diaryl/α,β-unsaturated/α-hetero) is 1. The predicted octanol–water partition coefficient (Wildman–Crippen LogP) is 5.90. The van der Waals surface area contributed by atoms with Crippen LogP contribution in [0.2, 0.25) is 0 Å². The molecule has 0 bridgehead atoms. The Morgan fingerprint density at radius 1 is 1.06 bits per heavy atom. The largest absolute Gasteiger partial charge is 0.508 e. The van der Waals surface area contributed by atoms with E-state index in [4.69, 9.17) is 0 Å². The second kappa shape index (κ2) is 7.34. The van der Waals surface area contributed by atoms with Crippen LogP contribution in [0.5, 0.6) is 5.75 Å². The third kappa shape index (κ3) is 3.25. The highest BCUT2D eigenvalue weighted by molar-refractivity contribution is 5.94. The molecule has 162 valence electrons. The first-order valence-electron chi connectivity index (χ1n) is 11.7. The van der Waals surface area contributed by atoms with Crippen LogP contribution < -0.4 is 0 Å². The van der Waals surface area contributed by atoms with Gasteiger partial charge < -0.3 is 10.2 Å². The number of phenolic OH excluding ortho intramolecular Hbond substituents is 1. The summed E-state index contributed by atoms with van der Waals surface area (Å²) in [5.41, 5.74) is 3.56. The molecule has 0 heterocycles. The molecular weight excluding hydrogens is 384 g/mol. The zero-order valence-corrected chi connectivity index (χ0v) is 18.5. The van der Waals surface area contributed by atoms with Gasteiger partial charge in [0.15, 0.2) is 5.78 Å². The second-order valence-electron chi connectivity index (χ2n) is 10.2. The van der Waals surface area contributed by atoms with Gasteiger partial charge in [0.2, 0.25) is 0 Å². The fourth-order valence-corrected chi connectivity index (χ4v) is 6.96. The lowest BCUT2D eigenvalue weighted by Gasteiger charge is -2.52. The Bertz CT molecular complexity index is 1040. The lowest BCUT2D eigenvalue weighted by Crippen LogP contribution is -2.49. The SMILES string of the molecule is CC(=O)c1ccc(/C=C\[C@]2(O)CCC3C4CCc5cc(O)ccc5C4CC[C@@]32C)cc1. The van der Waals surface area contributed by atoms with Crippen molar-refractivity contribution in [2.75, 3.05) is 0 Å². The summed E-state index contributed by atoms with van der Waals surface area (Å²) < 4.78 is 0. The van der Waals surface area contributed by atoms with Crippen molar-refractivity contribution in [2.45, 2.75) is 63.9 Å². The van der Waals surface area contributed by atoms with Crippen LogP contribution in [0, 0.1) is 17.3 Å². The van der Waals surface area contributed by atoms with Gasteiger partial charge in [-0.25, -0.2) is 0 Å². The summed E-state index contributed by atoms with van der Waals surface area (Å²) in [7, 11) is 0. The zero-order chi connectivity index (χ0) is 21.8. The molecule has 5 rings (SSSR count). The molecule has 0 spiro atoms. The molecule has 2 aromatic carbocycles. The highest BCUT2D eigenvalue weighted by Gasteiger charge is 2.60. The first kappa shape index (κ1) is 20.5. The highest BCUT2D eigenvalue weighted by Crippen LogP contribution is 2.64. The topological polar surface area (TPSA) is 57.5 Å². The number of aromatic hydroxyl groups is 1. The van der Waals surface area contributed by atoms with Gasteiger partial charge in [0.05, 0.1) is 5.60 Å². The first-order chi connectivity index (χ1) is 14.8. The normalized spacial score (nSPS) is 34.2. The minimum Gasteiger partial charge on any atom is -0.508 e. The standard InChI is InChI=1S/C28H32O3/c1-18(29)20-5-3-19(4-6-20)11-15-28(31)16-13-26-25-9-7-21-17-22(30)8-10-23(21)24(25)12-14-27(26,28)2/h3-6,8,10-11,15,17,24-26,30-31H,7,9,12-14,16H2,1-2H3/b15-11-/t24?,25?,26?,27-,28-/m0/s1. The van der Waals surface area contributed by atoms with Crippen LogP contribution >= 0.6 is 0 Å². The van der Waals surface area contributed by atoms with Crippen molar-refractivity contribution in [3.8, 4) is 5.75 Å². The Hall–Kier alpha value is -2.39. The minimum absolute atomic E-state index is 0.0707. The van der Waals surface area contributed by atoms with Gasteiger partial charge in [-0.1, -0.05) is 49.4 Å². The van der Waals surface area contributed by atoms with Crippen molar-refractivity contribution in [3.63, 3.8) is 0 Å². The maximum Gasteiger partial charge on any atom is 0.159 e. The number of aliphatic hydroxyl groups is 1. The van der Waals surface area contributed by atoms with E-state index in [0.29, 0.717) is 29.1 Å². The van der Waals surface area contributed by atoms with E-state index in [1.54, 1.807) is 6.92 Å². The molecule has 2 aromatic rings. The van der Waals surface area contributed by atoms with E-state index in [1.807, 2.05) is 48.6 Å². The summed E-state index contributed by atoms with van der Waals surface area (Å²) in [6.45, 7) is 3.88. The fourth-order valence-electron chi connectivity index (χ4n) is 6.96. The van der Waals surface area contributed by atoms with Gasteiger partial charge in [0.25, 0.3) is 0 Å². The maximum atomic E-state index is 11.8. The van der Waals surface area contributed by atoms with Crippen LogP contribution in [0.1, 0.15) is 78.9 Å². The van der Waals surface area contributed by atoms with Crippen molar-refractivity contribution in [1.29, 1.82) is 0 Å². The molecule has 3 heteroatoms. The van der Waals surface area contributed by atoms with Gasteiger partial charge in [-0.05, 0) is 92.0 Å². The van der Waals surface area contributed by atoms with Crippen LogP contribution in [0.3, 0.4) is 0 Å². The maximum absolute atomic E-state index is 11.8. The van der Waals surface area contributed by atoms with E-state index in [9.17, 15) is 15.0 Å². The van der Waals surface area contributed by atoms with E-state index in [1.165, 1.54) is 11.1 Å². The number of benzene rings is 2. The third-order valence-electron chi connectivity index (χ3n) is 8.79. The van der Waals surface area contributed by atoms with Crippen molar-refractivity contribution in [2.24, 2.45) is 17.3 Å². The molecule has 0 aliphatic heterocycles. The Labute approximate surface area is 184 Å². The number of hydrogen-bond acceptors (Lipinski definition) is 3. The molecule has 3 nitrogen and oxygen atoms in total. The van der Waals surface area contributed by atoms with E-state index in [2.05, 4.69) is 13.0 Å². The van der Waals surface area contributed by atoms with Crippen LogP contribution in [-0.2, 0) is 6.42 Å². The van der Waals surface area contributed by atoms with Gasteiger partial charge in [-0.2, -0.15) is 0 Å². The lowest BCUT2D eigenvalue weighted by atomic mass is 9.53. The minimum atomic E-state index is -0.795. The van der Waals surface area contributed by atoms with E-state index >= 15 is 0 Å². The fraction of sp³-hybridized carbons (Fsp3) is 0.464. The molecule has 5 atom stereocenters. The molecule has 31 heavy (non-hydrogen) atoms. The summed E-state index contributed by atoms with van der Waals surface area (Å²) in [6, 6.07) is 13.5. The number of carbonyl (C=O) groups is 1. The number of carbonyl (C=O) groups excluding carboxylic acids is 1. The quantitative estimate of drug-likeness (QED) is 0.613. The molecule has 3 aliphatic carbocycles. The number of rotatable bonds is 3. The van der Waals surface area contributed by atoms with Gasteiger partial charge in [-0.15, -0.1) is 0 Å². The van der Waals surface area contributed by atoms with Crippen molar-refractivity contribution >= 4 is 11.9 Å². The molecular formula is C28H32O3. The van der Waals surface area contributed by atoms with Gasteiger partial charge in [-0.3, -0.25) is 4.79 Å². The molecule has 0 amide bonds. The lowest BCUT2D eigenvalue weighted by molar-refractivity contribution is -0.0705. The van der Waals surface area contributed by atoms with E-state index < -0.39 is 5.60 Å². The number of fused-ring (bicyclic) bond motifs is 5. The summed E-state index contributed by atoms with van der Waals surface area (Å²) in [4.78, 5) is 11.5. The average Bonchev–Trinajstić information content (AvgIpc) is 3.03. The van der Waals surface area contributed by atoms with Crippen molar-refractivity contribution in [1.82, 2.24) is 0 Å². The number of ketones is 1. The zero-order valence-electron chi connectivity index (χ0n) is 18.5. The van der Waals surface area contributed by atoms with Crippen molar-refractivity contribution in [3.05, 3.63) is 70.8 Å². The summed E-state index contributed by atoms with van der Waals surface area (Å²) in [5.74, 6) is 2.11.